The van der Waals surface area contributed by atoms with E-state index in [-0.39, 0.29) is 5.91 Å². The van der Waals surface area contributed by atoms with Gasteiger partial charge in [-0.1, -0.05) is 6.92 Å². The van der Waals surface area contributed by atoms with Gasteiger partial charge in [-0.3, -0.25) is 4.79 Å². The first kappa shape index (κ1) is 16.3. The second kappa shape index (κ2) is 7.79. The normalized spacial score (nSPS) is 14.5. The van der Waals surface area contributed by atoms with E-state index in [9.17, 15) is 9.59 Å². The van der Waals surface area contributed by atoms with E-state index in [0.717, 1.165) is 25.2 Å². The van der Waals surface area contributed by atoms with Crippen LogP contribution < -0.4 is 10.2 Å². The molecule has 0 radical (unpaired) electrons. The topological polar surface area (TPSA) is 67.9 Å². The van der Waals surface area contributed by atoms with Gasteiger partial charge in [0.15, 0.2) is 0 Å². The van der Waals surface area contributed by atoms with E-state index >= 15 is 0 Å². The van der Waals surface area contributed by atoms with Crippen molar-refractivity contribution in [3.05, 3.63) is 23.8 Å². The molecule has 1 aliphatic heterocycles. The largest absolute Gasteiger partial charge is 0.465 e. The molecule has 1 aliphatic rings. The number of nitrogens with zero attached hydrogens (tertiary/aromatic N) is 1. The molecule has 0 aliphatic carbocycles. The molecule has 120 valence electrons. The highest BCUT2D eigenvalue weighted by Gasteiger charge is 2.18. The predicted molar refractivity (Wildman–Crippen MR) is 84.4 cm³/mol. The molecular weight excluding hydrogens is 284 g/mol. The molecule has 6 heteroatoms. The highest BCUT2D eigenvalue weighted by Crippen LogP contribution is 2.25. The smallest absolute Gasteiger partial charge is 0.340 e. The van der Waals surface area contributed by atoms with Crippen molar-refractivity contribution in [3.63, 3.8) is 0 Å². The number of nitrogens with one attached hydrogen (secondary N) is 1. The first-order chi connectivity index (χ1) is 10.7. The maximum Gasteiger partial charge on any atom is 0.340 e. The van der Waals surface area contributed by atoms with Gasteiger partial charge in [0.2, 0.25) is 5.91 Å². The number of hydrogen-bond donors (Lipinski definition) is 1. The maximum atomic E-state index is 12.0. The van der Waals surface area contributed by atoms with Crippen LogP contribution in [0.15, 0.2) is 18.2 Å². The fourth-order valence-electron chi connectivity index (χ4n) is 2.38. The molecule has 1 aromatic rings. The van der Waals surface area contributed by atoms with Crippen molar-refractivity contribution in [1.29, 1.82) is 0 Å². The van der Waals surface area contributed by atoms with Crippen molar-refractivity contribution in [3.8, 4) is 0 Å². The number of esters is 1. The van der Waals surface area contributed by atoms with E-state index in [1.54, 1.807) is 12.1 Å². The van der Waals surface area contributed by atoms with E-state index in [4.69, 9.17) is 9.47 Å². The lowest BCUT2D eigenvalue weighted by Crippen LogP contribution is -2.36. The third kappa shape index (κ3) is 3.98. The minimum atomic E-state index is -0.457. The molecule has 1 heterocycles. The number of anilines is 2. The third-order valence-corrected chi connectivity index (χ3v) is 3.54. The quantitative estimate of drug-likeness (QED) is 0.843. The van der Waals surface area contributed by atoms with Crippen LogP contribution in [0.3, 0.4) is 0 Å². The number of carbonyl (C=O) groups is 2. The summed E-state index contributed by atoms with van der Waals surface area (Å²) in [7, 11) is 1.33. The Labute approximate surface area is 130 Å². The van der Waals surface area contributed by atoms with Gasteiger partial charge in [0, 0.05) is 25.2 Å². The Morgan fingerprint density at radius 2 is 2.05 bits per heavy atom. The summed E-state index contributed by atoms with van der Waals surface area (Å²) in [6.07, 6.45) is 1.18. The summed E-state index contributed by atoms with van der Waals surface area (Å²) in [5.74, 6) is -0.561. The van der Waals surface area contributed by atoms with Crippen molar-refractivity contribution in [2.75, 3.05) is 43.6 Å². The SMILES string of the molecule is CCCC(=O)Nc1ccc(N2CCOCC2)cc1C(=O)OC. The molecule has 0 spiro atoms. The standard InChI is InChI=1S/C16H22N2O4/c1-3-4-15(19)17-14-6-5-12(11-13(14)16(20)21-2)18-7-9-22-10-8-18/h5-6,11H,3-4,7-10H2,1-2H3,(H,17,19). The van der Waals surface area contributed by atoms with Crippen LogP contribution in [0.25, 0.3) is 0 Å². The molecule has 1 saturated heterocycles. The van der Waals surface area contributed by atoms with Gasteiger partial charge in [-0.15, -0.1) is 0 Å². The zero-order valence-electron chi connectivity index (χ0n) is 13.1. The lowest BCUT2D eigenvalue weighted by Gasteiger charge is -2.29. The lowest BCUT2D eigenvalue weighted by atomic mass is 10.1. The van der Waals surface area contributed by atoms with Crippen LogP contribution in [-0.2, 0) is 14.3 Å². The van der Waals surface area contributed by atoms with E-state index in [2.05, 4.69) is 10.2 Å². The van der Waals surface area contributed by atoms with Crippen molar-refractivity contribution in [1.82, 2.24) is 0 Å². The van der Waals surface area contributed by atoms with E-state index in [1.807, 2.05) is 13.0 Å². The molecule has 0 atom stereocenters. The summed E-state index contributed by atoms with van der Waals surface area (Å²) in [6.45, 7) is 4.83. The number of carbonyl (C=O) groups excluding carboxylic acids is 2. The molecule has 1 amide bonds. The van der Waals surface area contributed by atoms with Gasteiger partial charge in [0.1, 0.15) is 0 Å². The molecular formula is C16H22N2O4. The van der Waals surface area contributed by atoms with Crippen molar-refractivity contribution >= 4 is 23.3 Å². The van der Waals surface area contributed by atoms with Gasteiger partial charge >= 0.3 is 5.97 Å². The zero-order chi connectivity index (χ0) is 15.9. The van der Waals surface area contributed by atoms with Crippen LogP contribution >= 0.6 is 0 Å². The van der Waals surface area contributed by atoms with Gasteiger partial charge in [-0.25, -0.2) is 4.79 Å². The molecule has 6 nitrogen and oxygen atoms in total. The van der Waals surface area contributed by atoms with Crippen LogP contribution in [0.4, 0.5) is 11.4 Å². The molecule has 0 saturated carbocycles. The average molecular weight is 306 g/mol. The molecule has 1 aromatic carbocycles. The van der Waals surface area contributed by atoms with Crippen LogP contribution in [0.1, 0.15) is 30.1 Å². The molecule has 0 bridgehead atoms. The van der Waals surface area contributed by atoms with Gasteiger partial charge in [-0.2, -0.15) is 0 Å². The predicted octanol–water partition coefficient (Wildman–Crippen LogP) is 2.05. The fourth-order valence-corrected chi connectivity index (χ4v) is 2.38. The summed E-state index contributed by atoms with van der Waals surface area (Å²) < 4.78 is 10.2. The Morgan fingerprint density at radius 3 is 2.68 bits per heavy atom. The Bertz CT molecular complexity index is 539. The monoisotopic (exact) mass is 306 g/mol. The van der Waals surface area contributed by atoms with Crippen LogP contribution in [0.2, 0.25) is 0 Å². The van der Waals surface area contributed by atoms with E-state index in [1.165, 1.54) is 7.11 Å². The number of benzene rings is 1. The minimum absolute atomic E-state index is 0.105. The summed E-state index contributed by atoms with van der Waals surface area (Å²) in [5.41, 5.74) is 1.79. The number of hydrogen-bond acceptors (Lipinski definition) is 5. The summed E-state index contributed by atoms with van der Waals surface area (Å²) >= 11 is 0. The van der Waals surface area contributed by atoms with Crippen LogP contribution in [0.5, 0.6) is 0 Å². The first-order valence-electron chi connectivity index (χ1n) is 7.50. The number of amides is 1. The molecule has 0 aromatic heterocycles. The van der Waals surface area contributed by atoms with Gasteiger partial charge in [-0.05, 0) is 24.6 Å². The zero-order valence-corrected chi connectivity index (χ0v) is 13.1. The molecule has 2 rings (SSSR count). The molecule has 22 heavy (non-hydrogen) atoms. The van der Waals surface area contributed by atoms with E-state index in [0.29, 0.717) is 30.9 Å². The second-order valence-electron chi connectivity index (χ2n) is 5.12. The summed E-state index contributed by atoms with van der Waals surface area (Å²) in [6, 6.07) is 5.42. The van der Waals surface area contributed by atoms with Gasteiger partial charge < -0.3 is 19.7 Å². The summed E-state index contributed by atoms with van der Waals surface area (Å²) in [5, 5.41) is 2.77. The first-order valence-corrected chi connectivity index (χ1v) is 7.50. The summed E-state index contributed by atoms with van der Waals surface area (Å²) in [4.78, 5) is 25.9. The van der Waals surface area contributed by atoms with Crippen LogP contribution in [0, 0.1) is 0 Å². The van der Waals surface area contributed by atoms with Gasteiger partial charge in [0.05, 0.1) is 31.6 Å². The Kier molecular flexibility index (Phi) is 5.77. The Hall–Kier alpha value is -2.08. The van der Waals surface area contributed by atoms with Crippen molar-refractivity contribution < 1.29 is 19.1 Å². The maximum absolute atomic E-state index is 12.0. The minimum Gasteiger partial charge on any atom is -0.465 e. The van der Waals surface area contributed by atoms with Crippen molar-refractivity contribution in [2.24, 2.45) is 0 Å². The number of ether oxygens (including phenoxy) is 2. The number of methoxy groups -OCH3 is 1. The van der Waals surface area contributed by atoms with Crippen LogP contribution in [-0.4, -0.2) is 45.3 Å². The number of rotatable bonds is 5. The highest BCUT2D eigenvalue weighted by molar-refractivity contribution is 6.02. The Balaban J connectivity index is 2.25. The average Bonchev–Trinajstić information content (AvgIpc) is 2.55. The molecule has 1 N–H and O–H groups in total. The van der Waals surface area contributed by atoms with E-state index < -0.39 is 5.97 Å². The third-order valence-electron chi connectivity index (χ3n) is 3.54. The Morgan fingerprint density at radius 1 is 1.32 bits per heavy atom. The lowest BCUT2D eigenvalue weighted by molar-refractivity contribution is -0.116. The number of morpholine rings is 1. The molecule has 1 fully saturated rings. The highest BCUT2D eigenvalue weighted by atomic mass is 16.5. The van der Waals surface area contributed by atoms with Gasteiger partial charge in [0.25, 0.3) is 0 Å². The fraction of sp³-hybridized carbons (Fsp3) is 0.500. The molecule has 0 unspecified atom stereocenters. The second-order valence-corrected chi connectivity index (χ2v) is 5.12. The van der Waals surface area contributed by atoms with Crippen molar-refractivity contribution in [2.45, 2.75) is 19.8 Å².